The average molecular weight is 364 g/mol. The fourth-order valence-electron chi connectivity index (χ4n) is 1.87. The van der Waals surface area contributed by atoms with Gasteiger partial charge in [0.1, 0.15) is 5.69 Å². The van der Waals surface area contributed by atoms with Crippen molar-refractivity contribution in [3.8, 4) is 0 Å². The minimum atomic E-state index is -0.364. The molecule has 2 aromatic carbocycles. The molecule has 0 radical (unpaired) electrons. The third-order valence-electron chi connectivity index (χ3n) is 3.37. The molecule has 0 atom stereocenters. The summed E-state index contributed by atoms with van der Waals surface area (Å²) in [5.41, 5.74) is 2.87. The molecule has 2 rings (SSSR count). The maximum absolute atomic E-state index is 14.3. The smallest absolute Gasteiger partial charge is 0.152 e. The summed E-state index contributed by atoms with van der Waals surface area (Å²) >= 11 is 3.46. The van der Waals surface area contributed by atoms with Crippen LogP contribution in [0.2, 0.25) is 0 Å². The lowest BCUT2D eigenvalue weighted by Gasteiger charge is -2.14. The van der Waals surface area contributed by atoms with Crippen molar-refractivity contribution in [2.45, 2.75) is 13.8 Å². The first-order valence-corrected chi connectivity index (χ1v) is 7.87. The van der Waals surface area contributed by atoms with Crippen LogP contribution in [0.3, 0.4) is 0 Å². The van der Waals surface area contributed by atoms with Crippen LogP contribution in [0.5, 0.6) is 0 Å². The summed E-state index contributed by atoms with van der Waals surface area (Å²) in [6.45, 7) is 4.75. The van der Waals surface area contributed by atoms with Gasteiger partial charge < -0.3 is 10.2 Å². The first-order chi connectivity index (χ1) is 10.5. The van der Waals surface area contributed by atoms with E-state index < -0.39 is 0 Å². The maximum Gasteiger partial charge on any atom is 0.152 e. The fourth-order valence-corrected chi connectivity index (χ4v) is 2.37. The van der Waals surface area contributed by atoms with Crippen LogP contribution in [0, 0.1) is 12.7 Å². The standard InChI is InChI=1S/C17H19BrFN3/c1-4-22(3)11-20-17-14(19)10-15(12(2)16(17)18)21-13-8-6-5-7-9-13/h5-11,21H,4H2,1-3H3. The van der Waals surface area contributed by atoms with E-state index in [1.54, 1.807) is 6.34 Å². The molecule has 0 amide bonds. The first kappa shape index (κ1) is 16.5. The Balaban J connectivity index is 2.34. The lowest BCUT2D eigenvalue weighted by Crippen LogP contribution is -2.14. The molecule has 0 heterocycles. The number of rotatable bonds is 5. The van der Waals surface area contributed by atoms with Gasteiger partial charge in [0.2, 0.25) is 0 Å². The van der Waals surface area contributed by atoms with Crippen molar-refractivity contribution < 1.29 is 4.39 Å². The Morgan fingerprint density at radius 1 is 1.32 bits per heavy atom. The minimum Gasteiger partial charge on any atom is -0.366 e. The zero-order chi connectivity index (χ0) is 16.1. The van der Waals surface area contributed by atoms with Crippen molar-refractivity contribution in [2.24, 2.45) is 4.99 Å². The average Bonchev–Trinajstić information content (AvgIpc) is 2.53. The summed E-state index contributed by atoms with van der Waals surface area (Å²) < 4.78 is 15.0. The van der Waals surface area contributed by atoms with E-state index in [0.717, 1.165) is 23.5 Å². The van der Waals surface area contributed by atoms with Crippen molar-refractivity contribution in [2.75, 3.05) is 18.9 Å². The molecule has 22 heavy (non-hydrogen) atoms. The van der Waals surface area contributed by atoms with E-state index in [4.69, 9.17) is 0 Å². The molecule has 0 unspecified atom stereocenters. The van der Waals surface area contributed by atoms with Gasteiger partial charge >= 0.3 is 0 Å². The minimum absolute atomic E-state index is 0.316. The Bertz CT molecular complexity index is 671. The van der Waals surface area contributed by atoms with Gasteiger partial charge in [-0.1, -0.05) is 18.2 Å². The number of hydrogen-bond acceptors (Lipinski definition) is 2. The van der Waals surface area contributed by atoms with Gasteiger partial charge in [0, 0.05) is 25.0 Å². The second-order valence-electron chi connectivity index (χ2n) is 5.00. The SMILES string of the molecule is CCN(C)C=Nc1c(F)cc(Nc2ccccc2)c(C)c1Br. The van der Waals surface area contributed by atoms with Crippen LogP contribution in [-0.4, -0.2) is 24.8 Å². The van der Waals surface area contributed by atoms with Crippen LogP contribution >= 0.6 is 15.9 Å². The van der Waals surface area contributed by atoms with E-state index in [1.807, 2.05) is 56.1 Å². The zero-order valence-electron chi connectivity index (χ0n) is 12.9. The van der Waals surface area contributed by atoms with Crippen LogP contribution in [0.1, 0.15) is 12.5 Å². The number of aliphatic imine (C=N–C) groups is 1. The number of halogens is 2. The van der Waals surface area contributed by atoms with Crippen LogP contribution in [-0.2, 0) is 0 Å². The van der Waals surface area contributed by atoms with Gasteiger partial charge in [-0.05, 0) is 53.5 Å². The molecule has 3 nitrogen and oxygen atoms in total. The lowest BCUT2D eigenvalue weighted by molar-refractivity contribution is 0.551. The summed E-state index contributed by atoms with van der Waals surface area (Å²) in [6, 6.07) is 11.2. The second-order valence-corrected chi connectivity index (χ2v) is 5.80. The third kappa shape index (κ3) is 3.85. The molecule has 0 bridgehead atoms. The molecule has 0 aromatic heterocycles. The van der Waals surface area contributed by atoms with Gasteiger partial charge in [-0.2, -0.15) is 0 Å². The van der Waals surface area contributed by atoms with Crippen molar-refractivity contribution >= 4 is 39.3 Å². The summed E-state index contributed by atoms with van der Waals surface area (Å²) in [5.74, 6) is -0.364. The van der Waals surface area contributed by atoms with E-state index in [-0.39, 0.29) is 5.82 Å². The highest BCUT2D eigenvalue weighted by Gasteiger charge is 2.13. The van der Waals surface area contributed by atoms with E-state index in [1.165, 1.54) is 6.07 Å². The number of para-hydroxylation sites is 1. The first-order valence-electron chi connectivity index (χ1n) is 7.08. The normalized spacial score (nSPS) is 11.0. The third-order valence-corrected chi connectivity index (χ3v) is 4.34. The van der Waals surface area contributed by atoms with E-state index in [0.29, 0.717) is 10.2 Å². The largest absolute Gasteiger partial charge is 0.366 e. The van der Waals surface area contributed by atoms with Crippen LogP contribution in [0.25, 0.3) is 0 Å². The van der Waals surface area contributed by atoms with Crippen LogP contribution in [0.15, 0.2) is 45.9 Å². The number of nitrogens with zero attached hydrogens (tertiary/aromatic N) is 2. The Kier molecular flexibility index (Phi) is 5.55. The lowest BCUT2D eigenvalue weighted by atomic mass is 10.1. The van der Waals surface area contributed by atoms with Crippen molar-refractivity contribution in [3.63, 3.8) is 0 Å². The summed E-state index contributed by atoms with van der Waals surface area (Å²) in [5, 5.41) is 3.22. The molecule has 0 aliphatic rings. The molecule has 0 saturated heterocycles. The molecular formula is C17H19BrFN3. The number of hydrogen-bond donors (Lipinski definition) is 1. The maximum atomic E-state index is 14.3. The fraction of sp³-hybridized carbons (Fsp3) is 0.235. The summed E-state index contributed by atoms with van der Waals surface area (Å²) in [4.78, 5) is 6.12. The predicted octanol–water partition coefficient (Wildman–Crippen LogP) is 5.25. The van der Waals surface area contributed by atoms with Crippen molar-refractivity contribution in [1.82, 2.24) is 4.90 Å². The molecule has 0 spiro atoms. The van der Waals surface area contributed by atoms with Gasteiger partial charge in [0.05, 0.1) is 10.8 Å². The predicted molar refractivity (Wildman–Crippen MR) is 95.0 cm³/mol. The monoisotopic (exact) mass is 363 g/mol. The Hall–Kier alpha value is -1.88. The number of benzene rings is 2. The number of nitrogens with one attached hydrogen (secondary N) is 1. The zero-order valence-corrected chi connectivity index (χ0v) is 14.5. The van der Waals surface area contributed by atoms with Crippen LogP contribution in [0.4, 0.5) is 21.5 Å². The molecule has 116 valence electrons. The highest BCUT2D eigenvalue weighted by Crippen LogP contribution is 2.37. The van der Waals surface area contributed by atoms with Crippen molar-refractivity contribution in [3.05, 3.63) is 52.3 Å². The molecule has 0 aliphatic heterocycles. The molecular weight excluding hydrogens is 345 g/mol. The molecule has 2 aromatic rings. The van der Waals surface area contributed by atoms with Gasteiger partial charge in [0.15, 0.2) is 5.82 Å². The van der Waals surface area contributed by atoms with Crippen molar-refractivity contribution in [1.29, 1.82) is 0 Å². The van der Waals surface area contributed by atoms with Gasteiger partial charge in [-0.25, -0.2) is 9.38 Å². The van der Waals surface area contributed by atoms with Gasteiger partial charge in [0.25, 0.3) is 0 Å². The summed E-state index contributed by atoms with van der Waals surface area (Å²) in [6.07, 6.45) is 1.63. The Labute approximate surface area is 139 Å². The summed E-state index contributed by atoms with van der Waals surface area (Å²) in [7, 11) is 1.90. The molecule has 0 saturated carbocycles. The van der Waals surface area contributed by atoms with Gasteiger partial charge in [-0.3, -0.25) is 0 Å². The van der Waals surface area contributed by atoms with Gasteiger partial charge in [-0.15, -0.1) is 0 Å². The highest BCUT2D eigenvalue weighted by molar-refractivity contribution is 9.10. The Morgan fingerprint density at radius 2 is 2.00 bits per heavy atom. The van der Waals surface area contributed by atoms with Crippen LogP contribution < -0.4 is 5.32 Å². The quantitative estimate of drug-likeness (QED) is 0.580. The number of anilines is 2. The second kappa shape index (κ2) is 7.40. The molecule has 0 fully saturated rings. The van der Waals surface area contributed by atoms with E-state index in [2.05, 4.69) is 26.2 Å². The molecule has 1 N–H and O–H groups in total. The Morgan fingerprint density at radius 3 is 2.64 bits per heavy atom. The van der Waals surface area contributed by atoms with E-state index >= 15 is 0 Å². The van der Waals surface area contributed by atoms with E-state index in [9.17, 15) is 4.39 Å². The molecule has 5 heteroatoms. The highest BCUT2D eigenvalue weighted by atomic mass is 79.9. The molecule has 0 aliphatic carbocycles. The topological polar surface area (TPSA) is 27.6 Å².